The number of aryl methyl sites for hydroxylation is 2. The molecule has 90 valence electrons. The molecule has 2 aromatic rings. The number of hydrogen-bond donors (Lipinski definition) is 1. The van der Waals surface area contributed by atoms with E-state index in [-0.39, 0.29) is 11.5 Å². The molecule has 2 aromatic heterocycles. The highest BCUT2D eigenvalue weighted by Crippen LogP contribution is 2.09. The first-order valence-corrected chi connectivity index (χ1v) is 5.48. The third-order valence-electron chi connectivity index (χ3n) is 2.86. The maximum absolute atomic E-state index is 12.1. The van der Waals surface area contributed by atoms with Crippen LogP contribution < -0.4 is 10.9 Å². The lowest BCUT2D eigenvalue weighted by Gasteiger charge is -2.05. The molecule has 0 aliphatic carbocycles. The fraction of sp³-hybridized carbons (Fsp3) is 0.333. The quantitative estimate of drug-likeness (QED) is 0.838. The second-order valence-corrected chi connectivity index (χ2v) is 3.97. The highest BCUT2D eigenvalue weighted by molar-refractivity contribution is 5.79. The van der Waals surface area contributed by atoms with Crippen molar-refractivity contribution in [2.75, 3.05) is 7.05 Å². The van der Waals surface area contributed by atoms with Gasteiger partial charge < -0.3 is 14.5 Å². The van der Waals surface area contributed by atoms with Crippen LogP contribution in [0.4, 0.5) is 0 Å². The molecule has 1 amide bonds. The zero-order valence-corrected chi connectivity index (χ0v) is 9.93. The van der Waals surface area contributed by atoms with Gasteiger partial charge in [0.25, 0.3) is 5.56 Å². The summed E-state index contributed by atoms with van der Waals surface area (Å²) in [5, 5.41) is 3.46. The van der Waals surface area contributed by atoms with Crippen LogP contribution in [0, 0.1) is 0 Å². The number of hydrogen-bond acceptors (Lipinski definition) is 2. The third-order valence-corrected chi connectivity index (χ3v) is 2.86. The largest absolute Gasteiger partial charge is 0.359 e. The van der Waals surface area contributed by atoms with Gasteiger partial charge in [0, 0.05) is 44.8 Å². The molecule has 17 heavy (non-hydrogen) atoms. The van der Waals surface area contributed by atoms with E-state index in [2.05, 4.69) is 5.32 Å². The van der Waals surface area contributed by atoms with E-state index in [0.29, 0.717) is 18.5 Å². The van der Waals surface area contributed by atoms with Gasteiger partial charge in [0.2, 0.25) is 5.91 Å². The first-order chi connectivity index (χ1) is 8.13. The molecule has 0 saturated carbocycles. The molecule has 0 bridgehead atoms. The van der Waals surface area contributed by atoms with Crippen LogP contribution in [0.1, 0.15) is 6.42 Å². The van der Waals surface area contributed by atoms with Crippen LogP contribution in [-0.4, -0.2) is 22.1 Å². The Bertz CT molecular complexity index is 610. The smallest absolute Gasteiger partial charge is 0.275 e. The second kappa shape index (κ2) is 4.45. The minimum Gasteiger partial charge on any atom is -0.359 e. The predicted octanol–water partition coefficient (Wildman–Crippen LogP) is 0.476. The fourth-order valence-corrected chi connectivity index (χ4v) is 1.86. The minimum absolute atomic E-state index is 0.0566. The van der Waals surface area contributed by atoms with Gasteiger partial charge in [-0.15, -0.1) is 0 Å². The number of nitrogens with one attached hydrogen (secondary N) is 1. The first-order valence-electron chi connectivity index (χ1n) is 5.48. The van der Waals surface area contributed by atoms with Gasteiger partial charge in [-0.3, -0.25) is 9.59 Å². The van der Waals surface area contributed by atoms with Crippen molar-refractivity contribution in [1.82, 2.24) is 14.5 Å². The number of fused-ring (bicyclic) bond motifs is 1. The summed E-state index contributed by atoms with van der Waals surface area (Å²) in [7, 11) is 3.43. The van der Waals surface area contributed by atoms with Crippen LogP contribution in [0.5, 0.6) is 0 Å². The average Bonchev–Trinajstić information content (AvgIpc) is 2.70. The lowest BCUT2D eigenvalue weighted by atomic mass is 10.3. The van der Waals surface area contributed by atoms with Gasteiger partial charge in [0.15, 0.2) is 0 Å². The summed E-state index contributed by atoms with van der Waals surface area (Å²) in [5.74, 6) is -0.0659. The van der Waals surface area contributed by atoms with E-state index in [0.717, 1.165) is 5.39 Å². The maximum atomic E-state index is 12.1. The van der Waals surface area contributed by atoms with Gasteiger partial charge in [0.1, 0.15) is 5.52 Å². The van der Waals surface area contributed by atoms with Gasteiger partial charge >= 0.3 is 0 Å². The van der Waals surface area contributed by atoms with Gasteiger partial charge in [-0.2, -0.15) is 0 Å². The highest BCUT2D eigenvalue weighted by Gasteiger charge is 2.06. The highest BCUT2D eigenvalue weighted by atomic mass is 16.1. The summed E-state index contributed by atoms with van der Waals surface area (Å²) in [5.41, 5.74) is 0.614. The topological polar surface area (TPSA) is 56.0 Å². The van der Waals surface area contributed by atoms with E-state index in [1.54, 1.807) is 22.4 Å². The summed E-state index contributed by atoms with van der Waals surface area (Å²) < 4.78 is 3.37. The Hall–Kier alpha value is -2.04. The lowest BCUT2D eigenvalue weighted by Crippen LogP contribution is -2.25. The molecule has 0 unspecified atom stereocenters. The minimum atomic E-state index is -0.0659. The van der Waals surface area contributed by atoms with E-state index in [1.807, 2.05) is 25.4 Å². The normalized spacial score (nSPS) is 10.7. The Labute approximate surface area is 98.7 Å². The van der Waals surface area contributed by atoms with Gasteiger partial charge in [-0.05, 0) is 12.1 Å². The summed E-state index contributed by atoms with van der Waals surface area (Å²) >= 11 is 0. The third kappa shape index (κ3) is 2.08. The van der Waals surface area contributed by atoms with E-state index >= 15 is 0 Å². The zero-order valence-electron chi connectivity index (χ0n) is 9.93. The molecule has 0 spiro atoms. The van der Waals surface area contributed by atoms with Gasteiger partial charge in [-0.1, -0.05) is 0 Å². The SMILES string of the molecule is CNC(=O)CCn1ccc2ccn(C)c2c1=O. The molecule has 1 N–H and O–H groups in total. The zero-order chi connectivity index (χ0) is 12.4. The number of carbonyl (C=O) groups is 1. The standard InChI is InChI=1S/C12H15N3O2/c1-13-10(16)5-8-15-7-4-9-3-6-14(2)11(9)12(15)17/h3-4,6-7H,5,8H2,1-2H3,(H,13,16). The molecule has 5 nitrogen and oxygen atoms in total. The van der Waals surface area contributed by atoms with Crippen molar-refractivity contribution >= 4 is 16.8 Å². The van der Waals surface area contributed by atoms with Gasteiger partial charge in [-0.25, -0.2) is 0 Å². The molecule has 0 atom stereocenters. The van der Waals surface area contributed by atoms with E-state index < -0.39 is 0 Å². The van der Waals surface area contributed by atoms with Crippen molar-refractivity contribution in [1.29, 1.82) is 0 Å². The van der Waals surface area contributed by atoms with Crippen molar-refractivity contribution < 1.29 is 4.79 Å². The Kier molecular flexibility index (Phi) is 2.99. The molecule has 0 fully saturated rings. The number of aromatic nitrogens is 2. The van der Waals surface area contributed by atoms with Crippen LogP contribution in [-0.2, 0) is 18.4 Å². The molecule has 0 radical (unpaired) electrons. The number of rotatable bonds is 3. The fourth-order valence-electron chi connectivity index (χ4n) is 1.86. The lowest BCUT2D eigenvalue weighted by molar-refractivity contribution is -0.120. The summed E-state index contributed by atoms with van der Waals surface area (Å²) in [6.45, 7) is 0.402. The van der Waals surface area contributed by atoms with Crippen LogP contribution in [0.2, 0.25) is 0 Å². The predicted molar refractivity (Wildman–Crippen MR) is 65.9 cm³/mol. The summed E-state index contributed by atoms with van der Waals surface area (Å²) in [6.07, 6.45) is 3.90. The molecule has 5 heteroatoms. The van der Waals surface area contributed by atoms with Crippen LogP contribution >= 0.6 is 0 Å². The van der Waals surface area contributed by atoms with Crippen molar-refractivity contribution in [3.05, 3.63) is 34.9 Å². The first kappa shape index (κ1) is 11.4. The van der Waals surface area contributed by atoms with Crippen molar-refractivity contribution in [3.8, 4) is 0 Å². The summed E-state index contributed by atoms with van der Waals surface area (Å²) in [6, 6.07) is 3.79. The number of pyridine rings is 1. The molecule has 2 rings (SSSR count). The Morgan fingerprint density at radius 1 is 1.35 bits per heavy atom. The molecule has 0 aliphatic heterocycles. The van der Waals surface area contributed by atoms with Gasteiger partial charge in [0.05, 0.1) is 0 Å². The van der Waals surface area contributed by atoms with Crippen molar-refractivity contribution in [3.63, 3.8) is 0 Å². The second-order valence-electron chi connectivity index (χ2n) is 3.97. The number of amides is 1. The Morgan fingerprint density at radius 3 is 2.76 bits per heavy atom. The molecule has 0 aliphatic rings. The molecular weight excluding hydrogens is 218 g/mol. The number of nitrogens with zero attached hydrogens (tertiary/aromatic N) is 2. The molecule has 0 saturated heterocycles. The Balaban J connectivity index is 2.36. The number of carbonyl (C=O) groups excluding carboxylic acids is 1. The maximum Gasteiger partial charge on any atom is 0.275 e. The van der Waals surface area contributed by atoms with Crippen molar-refractivity contribution in [2.45, 2.75) is 13.0 Å². The van der Waals surface area contributed by atoms with Crippen LogP contribution in [0.15, 0.2) is 29.3 Å². The molecule has 2 heterocycles. The summed E-state index contributed by atoms with van der Waals surface area (Å²) in [4.78, 5) is 23.3. The van der Waals surface area contributed by atoms with E-state index in [9.17, 15) is 9.59 Å². The molecular formula is C12H15N3O2. The monoisotopic (exact) mass is 233 g/mol. The van der Waals surface area contributed by atoms with E-state index in [4.69, 9.17) is 0 Å². The van der Waals surface area contributed by atoms with Crippen LogP contribution in [0.25, 0.3) is 10.9 Å². The van der Waals surface area contributed by atoms with Crippen LogP contribution in [0.3, 0.4) is 0 Å². The average molecular weight is 233 g/mol. The van der Waals surface area contributed by atoms with Crippen molar-refractivity contribution in [2.24, 2.45) is 7.05 Å². The molecule has 0 aromatic carbocycles. The Morgan fingerprint density at radius 2 is 2.06 bits per heavy atom. The van der Waals surface area contributed by atoms with E-state index in [1.165, 1.54) is 0 Å².